The Morgan fingerprint density at radius 1 is 1.15 bits per heavy atom. The minimum atomic E-state index is -0.0595. The van der Waals surface area contributed by atoms with Crippen molar-refractivity contribution in [2.24, 2.45) is 0 Å². The minimum absolute atomic E-state index is 0.0595. The summed E-state index contributed by atoms with van der Waals surface area (Å²) in [7, 11) is 1.81. The molecule has 1 N–H and O–H groups in total. The first-order chi connectivity index (χ1) is 16.0. The average molecular weight is 461 g/mol. The molecule has 0 radical (unpaired) electrons. The molecule has 1 amide bonds. The maximum Gasteiger partial charge on any atom is 0.242 e. The van der Waals surface area contributed by atoms with Crippen molar-refractivity contribution >= 4 is 28.9 Å². The lowest BCUT2D eigenvalue weighted by molar-refractivity contribution is -0.131. The second-order valence-corrected chi connectivity index (χ2v) is 8.56. The van der Waals surface area contributed by atoms with E-state index in [1.54, 1.807) is 9.47 Å². The number of carbonyl (C=O) groups is 1. The number of H-pyrrole nitrogens is 1. The number of carbonyl (C=O) groups excluding carboxylic acids is 1. The van der Waals surface area contributed by atoms with Gasteiger partial charge in [0.05, 0.1) is 6.61 Å². The van der Waals surface area contributed by atoms with Gasteiger partial charge >= 0.3 is 0 Å². The zero-order chi connectivity index (χ0) is 23.4. The molecule has 0 unspecified atom stereocenters. The van der Waals surface area contributed by atoms with Gasteiger partial charge in [0.25, 0.3) is 0 Å². The highest BCUT2D eigenvalue weighted by atomic mass is 32.1. The average Bonchev–Trinajstić information content (AvgIpc) is 3.18. The zero-order valence-electron chi connectivity index (χ0n) is 19.2. The minimum Gasteiger partial charge on any atom is -0.493 e. The molecule has 0 bridgehead atoms. The molecular formula is C26H28N4O2S. The number of aromatic nitrogens is 3. The van der Waals surface area contributed by atoms with E-state index in [1.165, 1.54) is 0 Å². The molecule has 4 aromatic rings. The van der Waals surface area contributed by atoms with Crippen molar-refractivity contribution in [3.8, 4) is 17.1 Å². The van der Waals surface area contributed by atoms with E-state index in [1.807, 2.05) is 56.4 Å². The second-order valence-electron chi connectivity index (χ2n) is 8.17. The predicted molar refractivity (Wildman–Crippen MR) is 134 cm³/mol. The van der Waals surface area contributed by atoms with Gasteiger partial charge < -0.3 is 9.64 Å². The fraction of sp³-hybridized carbons (Fsp3) is 0.269. The third-order valence-electron chi connectivity index (χ3n) is 5.61. The predicted octanol–water partition coefficient (Wildman–Crippen LogP) is 5.52. The highest BCUT2D eigenvalue weighted by molar-refractivity contribution is 7.71. The van der Waals surface area contributed by atoms with E-state index in [4.69, 9.17) is 17.0 Å². The van der Waals surface area contributed by atoms with E-state index in [9.17, 15) is 4.79 Å². The molecule has 0 fully saturated rings. The van der Waals surface area contributed by atoms with Crippen molar-refractivity contribution in [1.82, 2.24) is 19.7 Å². The van der Waals surface area contributed by atoms with Crippen molar-refractivity contribution < 1.29 is 9.53 Å². The van der Waals surface area contributed by atoms with Crippen molar-refractivity contribution in [3.05, 3.63) is 76.6 Å². The maximum atomic E-state index is 13.3. The van der Waals surface area contributed by atoms with Crippen molar-refractivity contribution in [2.75, 3.05) is 13.7 Å². The molecule has 3 aromatic carbocycles. The van der Waals surface area contributed by atoms with Gasteiger partial charge in [-0.25, -0.2) is 0 Å². The Morgan fingerprint density at radius 2 is 1.97 bits per heavy atom. The summed E-state index contributed by atoms with van der Waals surface area (Å²) in [5, 5.41) is 9.41. The number of hydrogen-bond donors (Lipinski definition) is 1. The number of nitrogens with zero attached hydrogens (tertiary/aromatic N) is 3. The number of amides is 1. The Bertz CT molecular complexity index is 1340. The summed E-state index contributed by atoms with van der Waals surface area (Å²) in [4.78, 5) is 15.0. The number of hydrogen-bond acceptors (Lipinski definition) is 4. The van der Waals surface area contributed by atoms with Gasteiger partial charge in [0.2, 0.25) is 5.91 Å². The summed E-state index contributed by atoms with van der Waals surface area (Å²) < 4.78 is 8.19. The molecule has 0 aliphatic rings. The highest BCUT2D eigenvalue weighted by Crippen LogP contribution is 2.29. The lowest BCUT2D eigenvalue weighted by Crippen LogP contribution is -2.30. The van der Waals surface area contributed by atoms with Crippen LogP contribution in [0, 0.1) is 11.7 Å². The monoisotopic (exact) mass is 460 g/mol. The molecule has 1 heterocycles. The molecule has 0 aliphatic heterocycles. The molecule has 6 nitrogen and oxygen atoms in total. The number of nitrogens with one attached hydrogen (secondary N) is 1. The first-order valence-corrected chi connectivity index (χ1v) is 11.5. The van der Waals surface area contributed by atoms with Crippen LogP contribution in [-0.2, 0) is 17.9 Å². The zero-order valence-corrected chi connectivity index (χ0v) is 20.0. The lowest BCUT2D eigenvalue weighted by Gasteiger charge is -2.21. The third kappa shape index (κ3) is 4.98. The summed E-state index contributed by atoms with van der Waals surface area (Å²) >= 11 is 5.43. The van der Waals surface area contributed by atoms with Crippen molar-refractivity contribution in [3.63, 3.8) is 0 Å². The number of aryl methyl sites for hydroxylation is 1. The molecule has 7 heteroatoms. The topological polar surface area (TPSA) is 63.1 Å². The first kappa shape index (κ1) is 22.7. The maximum absolute atomic E-state index is 13.3. The van der Waals surface area contributed by atoms with E-state index in [0.717, 1.165) is 39.6 Å². The molecule has 1 aromatic heterocycles. The Kier molecular flexibility index (Phi) is 6.89. The van der Waals surface area contributed by atoms with Gasteiger partial charge in [0.15, 0.2) is 10.6 Å². The number of rotatable bonds is 8. The van der Waals surface area contributed by atoms with Gasteiger partial charge in [0.1, 0.15) is 12.3 Å². The van der Waals surface area contributed by atoms with E-state index < -0.39 is 0 Å². The number of benzene rings is 3. The van der Waals surface area contributed by atoms with Gasteiger partial charge in [-0.1, -0.05) is 61.0 Å². The number of likely N-dealkylation sites (N-methyl/N-ethyl adjacent to an activating group) is 1. The van der Waals surface area contributed by atoms with Crippen LogP contribution in [0.1, 0.15) is 24.5 Å². The van der Waals surface area contributed by atoms with Crippen LogP contribution in [0.2, 0.25) is 0 Å². The van der Waals surface area contributed by atoms with Gasteiger partial charge in [-0.05, 0) is 48.5 Å². The smallest absolute Gasteiger partial charge is 0.242 e. The van der Waals surface area contributed by atoms with E-state index in [0.29, 0.717) is 23.7 Å². The largest absolute Gasteiger partial charge is 0.493 e. The van der Waals surface area contributed by atoms with E-state index >= 15 is 0 Å². The summed E-state index contributed by atoms with van der Waals surface area (Å²) in [6.07, 6.45) is 0.918. The summed E-state index contributed by atoms with van der Waals surface area (Å²) in [6, 6.07) is 20.2. The molecule has 0 aliphatic carbocycles. The van der Waals surface area contributed by atoms with Crippen LogP contribution >= 0.6 is 12.2 Å². The summed E-state index contributed by atoms with van der Waals surface area (Å²) in [5.41, 5.74) is 3.04. The normalized spacial score (nSPS) is 11.0. The molecule has 0 saturated carbocycles. The number of fused-ring (bicyclic) bond motifs is 1. The number of ether oxygens (including phenoxy) is 1. The quantitative estimate of drug-likeness (QED) is 0.352. The van der Waals surface area contributed by atoms with Crippen LogP contribution in [0.3, 0.4) is 0 Å². The van der Waals surface area contributed by atoms with Gasteiger partial charge in [-0.2, -0.15) is 5.10 Å². The van der Waals surface area contributed by atoms with Crippen LogP contribution in [0.15, 0.2) is 60.7 Å². The van der Waals surface area contributed by atoms with E-state index in [2.05, 4.69) is 35.3 Å². The Balaban J connectivity index is 1.60. The molecule has 170 valence electrons. The molecule has 33 heavy (non-hydrogen) atoms. The molecule has 4 rings (SSSR count). The van der Waals surface area contributed by atoms with Gasteiger partial charge in [-0.3, -0.25) is 14.5 Å². The molecule has 0 saturated heterocycles. The fourth-order valence-corrected chi connectivity index (χ4v) is 4.07. The molecular weight excluding hydrogens is 432 g/mol. The highest BCUT2D eigenvalue weighted by Gasteiger charge is 2.18. The Labute approximate surface area is 198 Å². The Morgan fingerprint density at radius 3 is 2.76 bits per heavy atom. The van der Waals surface area contributed by atoms with Crippen LogP contribution in [0.4, 0.5) is 0 Å². The first-order valence-electron chi connectivity index (χ1n) is 11.1. The van der Waals surface area contributed by atoms with Crippen LogP contribution in [-0.4, -0.2) is 39.2 Å². The van der Waals surface area contributed by atoms with E-state index in [-0.39, 0.29) is 12.5 Å². The van der Waals surface area contributed by atoms with Crippen LogP contribution in [0.25, 0.3) is 22.2 Å². The van der Waals surface area contributed by atoms with Crippen molar-refractivity contribution in [2.45, 2.75) is 33.4 Å². The van der Waals surface area contributed by atoms with Gasteiger partial charge in [0, 0.05) is 24.7 Å². The van der Waals surface area contributed by atoms with Crippen molar-refractivity contribution in [1.29, 1.82) is 0 Å². The molecule has 0 spiro atoms. The van der Waals surface area contributed by atoms with Crippen LogP contribution < -0.4 is 4.74 Å². The second kappa shape index (κ2) is 10.0. The third-order valence-corrected chi connectivity index (χ3v) is 5.92. The fourth-order valence-electron chi connectivity index (χ4n) is 3.88. The van der Waals surface area contributed by atoms with Crippen LogP contribution in [0.5, 0.6) is 5.75 Å². The summed E-state index contributed by atoms with van der Waals surface area (Å²) in [6.45, 7) is 5.27. The lowest BCUT2D eigenvalue weighted by atomic mass is 10.0. The Hall–Kier alpha value is -3.45. The standard InChI is InChI=1S/C26H28N4O2S/c1-4-14-32-23-13-12-19-9-5-6-11-21(19)22(23)16-29(3)24(31)17-30-25(27-28-26(30)33)20-10-7-8-18(2)15-20/h5-13,15H,4,14,16-17H2,1-3H3,(H,28,33). The SMILES string of the molecule is CCCOc1ccc2ccccc2c1CN(C)C(=O)Cn1c(-c2cccc(C)c2)n[nH]c1=S. The van der Waals surface area contributed by atoms with Gasteiger partial charge in [-0.15, -0.1) is 0 Å². The molecule has 0 atom stereocenters. The number of aromatic amines is 1. The summed E-state index contributed by atoms with van der Waals surface area (Å²) in [5.74, 6) is 1.41.